The molecule has 0 aromatic carbocycles. The van der Waals surface area contributed by atoms with Gasteiger partial charge >= 0.3 is 0 Å². The Kier molecular flexibility index (Phi) is 5.01. The van der Waals surface area contributed by atoms with Crippen LogP contribution in [-0.2, 0) is 4.79 Å². The van der Waals surface area contributed by atoms with E-state index in [1.54, 1.807) is 0 Å². The Bertz CT molecular complexity index is 276. The molecule has 0 aromatic heterocycles. The van der Waals surface area contributed by atoms with E-state index in [4.69, 9.17) is 5.73 Å². The normalized spacial score (nSPS) is 30.4. The summed E-state index contributed by atoms with van der Waals surface area (Å²) in [6, 6.07) is 0.271. The molecule has 1 amide bonds. The van der Waals surface area contributed by atoms with Gasteiger partial charge in [0.1, 0.15) is 0 Å². The lowest BCUT2D eigenvalue weighted by molar-refractivity contribution is -0.137. The SMILES string of the molecule is CC1CCCN(C(=O)CC2CCNCC2)C1CN. The fraction of sp³-hybridized carbons (Fsp3) is 0.929. The van der Waals surface area contributed by atoms with Crippen molar-refractivity contribution in [2.24, 2.45) is 17.6 Å². The fourth-order valence-corrected chi connectivity index (χ4v) is 3.37. The van der Waals surface area contributed by atoms with Gasteiger partial charge in [-0.3, -0.25) is 4.79 Å². The summed E-state index contributed by atoms with van der Waals surface area (Å²) >= 11 is 0. The number of nitrogens with one attached hydrogen (secondary N) is 1. The second kappa shape index (κ2) is 6.53. The molecule has 3 N–H and O–H groups in total. The zero-order valence-corrected chi connectivity index (χ0v) is 11.5. The van der Waals surface area contributed by atoms with Crippen molar-refractivity contribution >= 4 is 5.91 Å². The van der Waals surface area contributed by atoms with Crippen LogP contribution in [0.2, 0.25) is 0 Å². The van der Waals surface area contributed by atoms with Gasteiger partial charge in [-0.1, -0.05) is 6.92 Å². The summed E-state index contributed by atoms with van der Waals surface area (Å²) in [7, 11) is 0. The summed E-state index contributed by atoms with van der Waals surface area (Å²) in [5, 5.41) is 3.35. The average Bonchev–Trinajstić information content (AvgIpc) is 2.39. The van der Waals surface area contributed by atoms with Crippen LogP contribution in [0.4, 0.5) is 0 Å². The van der Waals surface area contributed by atoms with E-state index in [0.29, 0.717) is 24.3 Å². The van der Waals surface area contributed by atoms with Crippen LogP contribution in [0, 0.1) is 11.8 Å². The van der Waals surface area contributed by atoms with Crippen molar-refractivity contribution in [1.29, 1.82) is 0 Å². The molecule has 2 fully saturated rings. The molecule has 2 saturated heterocycles. The maximum absolute atomic E-state index is 12.4. The van der Waals surface area contributed by atoms with Gasteiger partial charge in [-0.2, -0.15) is 0 Å². The highest BCUT2D eigenvalue weighted by Gasteiger charge is 2.31. The summed E-state index contributed by atoms with van der Waals surface area (Å²) in [5.41, 5.74) is 5.85. The predicted molar refractivity (Wildman–Crippen MR) is 73.2 cm³/mol. The zero-order chi connectivity index (χ0) is 13.0. The van der Waals surface area contributed by atoms with Crippen LogP contribution in [0.5, 0.6) is 0 Å². The molecule has 0 spiro atoms. The second-order valence-electron chi connectivity index (χ2n) is 5.91. The van der Waals surface area contributed by atoms with Crippen molar-refractivity contribution in [3.05, 3.63) is 0 Å². The summed E-state index contributed by atoms with van der Waals surface area (Å²) < 4.78 is 0. The number of piperidine rings is 2. The van der Waals surface area contributed by atoms with Crippen LogP contribution < -0.4 is 11.1 Å². The maximum atomic E-state index is 12.4. The zero-order valence-electron chi connectivity index (χ0n) is 11.5. The van der Waals surface area contributed by atoms with Gasteiger partial charge in [-0.05, 0) is 50.6 Å². The molecule has 104 valence electrons. The van der Waals surface area contributed by atoms with E-state index in [1.165, 1.54) is 6.42 Å². The highest BCUT2D eigenvalue weighted by molar-refractivity contribution is 5.77. The molecule has 2 unspecified atom stereocenters. The number of likely N-dealkylation sites (tertiary alicyclic amines) is 1. The number of carbonyl (C=O) groups is 1. The van der Waals surface area contributed by atoms with E-state index in [9.17, 15) is 4.79 Å². The molecular formula is C14H27N3O. The Morgan fingerprint density at radius 2 is 2.06 bits per heavy atom. The van der Waals surface area contributed by atoms with Crippen molar-refractivity contribution in [1.82, 2.24) is 10.2 Å². The van der Waals surface area contributed by atoms with Crippen LogP contribution >= 0.6 is 0 Å². The standard InChI is InChI=1S/C14H27N3O/c1-11-3-2-8-17(13(11)10-15)14(18)9-12-4-6-16-7-5-12/h11-13,16H,2-10,15H2,1H3. The van der Waals surface area contributed by atoms with Crippen molar-refractivity contribution in [2.45, 2.75) is 45.1 Å². The van der Waals surface area contributed by atoms with E-state index in [2.05, 4.69) is 17.1 Å². The maximum Gasteiger partial charge on any atom is 0.223 e. The predicted octanol–water partition coefficient (Wildman–Crippen LogP) is 0.962. The van der Waals surface area contributed by atoms with E-state index in [-0.39, 0.29) is 6.04 Å². The Hall–Kier alpha value is -0.610. The fourth-order valence-electron chi connectivity index (χ4n) is 3.37. The summed E-state index contributed by atoms with van der Waals surface area (Å²) in [6.45, 7) is 5.87. The van der Waals surface area contributed by atoms with Gasteiger partial charge in [0.15, 0.2) is 0 Å². The van der Waals surface area contributed by atoms with E-state index < -0.39 is 0 Å². The van der Waals surface area contributed by atoms with Gasteiger partial charge in [0.25, 0.3) is 0 Å². The van der Waals surface area contributed by atoms with Crippen molar-refractivity contribution in [3.8, 4) is 0 Å². The second-order valence-corrected chi connectivity index (χ2v) is 5.91. The van der Waals surface area contributed by atoms with Crippen molar-refractivity contribution in [3.63, 3.8) is 0 Å². The van der Waals surface area contributed by atoms with Gasteiger partial charge in [0.2, 0.25) is 5.91 Å². The average molecular weight is 253 g/mol. The Morgan fingerprint density at radius 1 is 1.33 bits per heavy atom. The van der Waals surface area contributed by atoms with Crippen molar-refractivity contribution < 1.29 is 4.79 Å². The van der Waals surface area contributed by atoms with Crippen LogP contribution in [0.25, 0.3) is 0 Å². The van der Waals surface area contributed by atoms with Gasteiger partial charge in [0.05, 0.1) is 0 Å². The number of nitrogens with zero attached hydrogens (tertiary/aromatic N) is 1. The minimum atomic E-state index is 0.271. The molecular weight excluding hydrogens is 226 g/mol. The summed E-state index contributed by atoms with van der Waals surface area (Å²) in [5.74, 6) is 1.47. The molecule has 2 atom stereocenters. The Labute approximate surface area is 110 Å². The van der Waals surface area contributed by atoms with Crippen LogP contribution in [-0.4, -0.2) is 43.0 Å². The van der Waals surface area contributed by atoms with Gasteiger partial charge in [-0.15, -0.1) is 0 Å². The quantitative estimate of drug-likeness (QED) is 0.788. The molecule has 2 aliphatic heterocycles. The monoisotopic (exact) mass is 253 g/mol. The minimum Gasteiger partial charge on any atom is -0.338 e. The summed E-state index contributed by atoms with van der Waals surface area (Å²) in [6.07, 6.45) is 5.35. The lowest BCUT2D eigenvalue weighted by Crippen LogP contribution is -2.51. The molecule has 2 aliphatic rings. The number of carbonyl (C=O) groups excluding carboxylic acids is 1. The molecule has 4 nitrogen and oxygen atoms in total. The van der Waals surface area contributed by atoms with E-state index >= 15 is 0 Å². The van der Waals surface area contributed by atoms with Crippen LogP contribution in [0.1, 0.15) is 39.0 Å². The highest BCUT2D eigenvalue weighted by atomic mass is 16.2. The van der Waals surface area contributed by atoms with Crippen LogP contribution in [0.3, 0.4) is 0 Å². The number of rotatable bonds is 3. The molecule has 0 bridgehead atoms. The van der Waals surface area contributed by atoms with Gasteiger partial charge < -0.3 is 16.0 Å². The Morgan fingerprint density at radius 3 is 2.72 bits per heavy atom. The third-order valence-corrected chi connectivity index (χ3v) is 4.60. The first-order valence-corrected chi connectivity index (χ1v) is 7.42. The summed E-state index contributed by atoms with van der Waals surface area (Å²) in [4.78, 5) is 14.5. The number of nitrogens with two attached hydrogens (primary N) is 1. The number of hydrogen-bond acceptors (Lipinski definition) is 3. The molecule has 0 saturated carbocycles. The van der Waals surface area contributed by atoms with E-state index in [1.807, 2.05) is 0 Å². The molecule has 18 heavy (non-hydrogen) atoms. The Balaban J connectivity index is 1.89. The highest BCUT2D eigenvalue weighted by Crippen LogP contribution is 2.25. The number of hydrogen-bond donors (Lipinski definition) is 2. The first kappa shape index (κ1) is 13.8. The van der Waals surface area contributed by atoms with Gasteiger partial charge in [0, 0.05) is 25.6 Å². The molecule has 0 aliphatic carbocycles. The molecule has 2 rings (SSSR count). The van der Waals surface area contributed by atoms with E-state index in [0.717, 1.165) is 45.3 Å². The lowest BCUT2D eigenvalue weighted by atomic mass is 9.88. The lowest BCUT2D eigenvalue weighted by Gasteiger charge is -2.40. The molecule has 0 radical (unpaired) electrons. The number of amides is 1. The minimum absolute atomic E-state index is 0.271. The third kappa shape index (κ3) is 3.23. The van der Waals surface area contributed by atoms with Crippen molar-refractivity contribution in [2.75, 3.05) is 26.2 Å². The third-order valence-electron chi connectivity index (χ3n) is 4.60. The van der Waals surface area contributed by atoms with Crippen LogP contribution in [0.15, 0.2) is 0 Å². The molecule has 0 aromatic rings. The topological polar surface area (TPSA) is 58.4 Å². The molecule has 4 heteroatoms. The smallest absolute Gasteiger partial charge is 0.223 e. The first-order chi connectivity index (χ1) is 8.72. The first-order valence-electron chi connectivity index (χ1n) is 7.42. The molecule has 2 heterocycles. The largest absolute Gasteiger partial charge is 0.338 e. The van der Waals surface area contributed by atoms with Gasteiger partial charge in [-0.25, -0.2) is 0 Å².